The third-order valence-electron chi connectivity index (χ3n) is 4.35. The van der Waals surface area contributed by atoms with Gasteiger partial charge < -0.3 is 10.1 Å². The lowest BCUT2D eigenvalue weighted by atomic mass is 9.95. The molecule has 1 aliphatic carbocycles. The minimum absolute atomic E-state index is 0.213. The van der Waals surface area contributed by atoms with Gasteiger partial charge >= 0.3 is 0 Å². The minimum Gasteiger partial charge on any atom is -0.495 e. The minimum atomic E-state index is -0.213. The van der Waals surface area contributed by atoms with Gasteiger partial charge in [-0.1, -0.05) is 11.6 Å². The largest absolute Gasteiger partial charge is 0.495 e. The first-order valence-electron chi connectivity index (χ1n) is 8.20. The number of rotatable bonds is 4. The molecule has 2 aromatic heterocycles. The number of tetrazole rings is 1. The zero-order chi connectivity index (χ0) is 18.1. The monoisotopic (exact) mass is 389 g/mol. The zero-order valence-electron chi connectivity index (χ0n) is 14.0. The average molecular weight is 390 g/mol. The number of hydrogen-bond acceptors (Lipinski definition) is 6. The number of halogens is 1. The molecule has 7 nitrogen and oxygen atoms in total. The number of amides is 1. The number of aromatic nitrogens is 4. The van der Waals surface area contributed by atoms with Gasteiger partial charge in [0, 0.05) is 9.90 Å². The summed E-state index contributed by atoms with van der Waals surface area (Å²) < 4.78 is 6.87. The highest BCUT2D eigenvalue weighted by atomic mass is 35.5. The molecule has 1 aliphatic rings. The molecule has 2 heterocycles. The summed E-state index contributed by atoms with van der Waals surface area (Å²) in [4.78, 5) is 14.4. The Kier molecular flexibility index (Phi) is 4.60. The number of hydrogen-bond donors (Lipinski definition) is 1. The number of fused-ring (bicyclic) bond motifs is 1. The molecule has 0 radical (unpaired) electrons. The Morgan fingerprint density at radius 2 is 2.19 bits per heavy atom. The van der Waals surface area contributed by atoms with E-state index in [0.29, 0.717) is 22.0 Å². The zero-order valence-corrected chi connectivity index (χ0v) is 15.6. The van der Waals surface area contributed by atoms with Crippen molar-refractivity contribution in [2.24, 2.45) is 0 Å². The summed E-state index contributed by atoms with van der Waals surface area (Å²) in [6, 6.07) is 5.12. The molecule has 0 aliphatic heterocycles. The van der Waals surface area contributed by atoms with E-state index in [-0.39, 0.29) is 5.91 Å². The second-order valence-corrected chi connectivity index (χ2v) is 7.46. The van der Waals surface area contributed by atoms with Crippen LogP contribution < -0.4 is 10.1 Å². The van der Waals surface area contributed by atoms with Crippen LogP contribution in [-0.2, 0) is 12.8 Å². The van der Waals surface area contributed by atoms with Crippen molar-refractivity contribution in [2.75, 3.05) is 12.4 Å². The van der Waals surface area contributed by atoms with Gasteiger partial charge in [0.05, 0.1) is 18.4 Å². The summed E-state index contributed by atoms with van der Waals surface area (Å²) >= 11 is 7.65. The van der Waals surface area contributed by atoms with E-state index in [9.17, 15) is 4.79 Å². The molecule has 0 spiro atoms. The quantitative estimate of drug-likeness (QED) is 0.738. The Bertz CT molecular complexity index is 954. The molecule has 3 aromatic rings. The van der Waals surface area contributed by atoms with Crippen molar-refractivity contribution in [2.45, 2.75) is 25.7 Å². The maximum atomic E-state index is 13.2. The second kappa shape index (κ2) is 7.05. The molecule has 0 saturated heterocycles. The van der Waals surface area contributed by atoms with Crippen molar-refractivity contribution in [3.63, 3.8) is 0 Å². The van der Waals surface area contributed by atoms with Gasteiger partial charge in [0.15, 0.2) is 0 Å². The lowest BCUT2D eigenvalue weighted by Crippen LogP contribution is -2.17. The summed E-state index contributed by atoms with van der Waals surface area (Å²) in [7, 11) is 1.55. The lowest BCUT2D eigenvalue weighted by Gasteiger charge is -2.14. The van der Waals surface area contributed by atoms with Crippen LogP contribution in [0.15, 0.2) is 24.5 Å². The van der Waals surface area contributed by atoms with E-state index in [0.717, 1.165) is 36.2 Å². The Labute approximate surface area is 158 Å². The molecule has 0 atom stereocenters. The van der Waals surface area contributed by atoms with E-state index in [1.54, 1.807) is 41.3 Å². The molecule has 0 unspecified atom stereocenters. The number of methoxy groups -OCH3 is 1. The van der Waals surface area contributed by atoms with Crippen LogP contribution in [0.2, 0.25) is 5.02 Å². The van der Waals surface area contributed by atoms with Gasteiger partial charge in [-0.15, -0.1) is 16.4 Å². The first-order valence-corrected chi connectivity index (χ1v) is 9.39. The average Bonchev–Trinajstić information content (AvgIpc) is 3.29. The van der Waals surface area contributed by atoms with Crippen molar-refractivity contribution in [1.82, 2.24) is 20.2 Å². The molecule has 134 valence electrons. The molecule has 1 aromatic carbocycles. The Hall–Kier alpha value is -2.45. The van der Waals surface area contributed by atoms with E-state index in [1.165, 1.54) is 11.2 Å². The molecule has 4 rings (SSSR count). The number of benzene rings is 1. The second-order valence-electron chi connectivity index (χ2n) is 5.94. The van der Waals surface area contributed by atoms with Gasteiger partial charge in [0.1, 0.15) is 17.1 Å². The van der Waals surface area contributed by atoms with Crippen LogP contribution in [0.1, 0.15) is 33.6 Å². The number of nitrogens with one attached hydrogen (secondary N) is 1. The first-order chi connectivity index (χ1) is 12.7. The van der Waals surface area contributed by atoms with Crippen molar-refractivity contribution < 1.29 is 9.53 Å². The summed E-state index contributed by atoms with van der Waals surface area (Å²) in [5.41, 5.74) is 2.24. The highest BCUT2D eigenvalue weighted by Gasteiger charge is 2.27. The normalized spacial score (nSPS) is 13.3. The topological polar surface area (TPSA) is 81.9 Å². The predicted molar refractivity (Wildman–Crippen MR) is 99.6 cm³/mol. The fourth-order valence-electron chi connectivity index (χ4n) is 3.16. The standard InChI is InChI=1S/C17H16ClN5O2S/c1-25-13-7-6-10(18)8-12(13)20-16(24)15-11-4-2-3-5-14(11)26-17(15)23-9-19-21-22-23/h6-9H,2-5H2,1H3,(H,20,24). The molecular formula is C17H16ClN5O2S. The maximum Gasteiger partial charge on any atom is 0.259 e. The van der Waals surface area contributed by atoms with Gasteiger partial charge in [-0.05, 0) is 59.9 Å². The fraction of sp³-hybridized carbons (Fsp3) is 0.294. The third-order valence-corrected chi connectivity index (χ3v) is 5.86. The Morgan fingerprint density at radius 1 is 1.35 bits per heavy atom. The van der Waals surface area contributed by atoms with Crippen LogP contribution in [0.4, 0.5) is 5.69 Å². The summed E-state index contributed by atoms with van der Waals surface area (Å²) in [5.74, 6) is 0.339. The number of ether oxygens (including phenoxy) is 1. The van der Waals surface area contributed by atoms with Gasteiger partial charge in [0.2, 0.25) is 0 Å². The van der Waals surface area contributed by atoms with Crippen LogP contribution in [0.25, 0.3) is 5.00 Å². The molecule has 1 amide bonds. The van der Waals surface area contributed by atoms with Gasteiger partial charge in [-0.25, -0.2) is 0 Å². The van der Waals surface area contributed by atoms with Gasteiger partial charge in [0.25, 0.3) is 5.91 Å². The van der Waals surface area contributed by atoms with Crippen LogP contribution in [0.3, 0.4) is 0 Å². The number of nitrogens with zero attached hydrogens (tertiary/aromatic N) is 4. The lowest BCUT2D eigenvalue weighted by molar-refractivity contribution is 0.102. The number of aryl methyl sites for hydroxylation is 1. The number of carbonyl (C=O) groups is 1. The van der Waals surface area contributed by atoms with E-state index in [1.807, 2.05) is 0 Å². The van der Waals surface area contributed by atoms with Crippen LogP contribution in [0, 0.1) is 0 Å². The summed E-state index contributed by atoms with van der Waals surface area (Å²) in [6.07, 6.45) is 5.56. The molecule has 26 heavy (non-hydrogen) atoms. The molecular weight excluding hydrogens is 374 g/mol. The van der Waals surface area contributed by atoms with E-state index >= 15 is 0 Å². The molecule has 1 N–H and O–H groups in total. The van der Waals surface area contributed by atoms with Crippen LogP contribution in [0.5, 0.6) is 5.75 Å². The highest BCUT2D eigenvalue weighted by Crippen LogP contribution is 2.37. The third kappa shape index (κ3) is 3.06. The SMILES string of the molecule is COc1ccc(Cl)cc1NC(=O)c1c(-n2cnnn2)sc2c1CCCC2. The molecule has 0 fully saturated rings. The van der Waals surface area contributed by atoms with Crippen molar-refractivity contribution >= 4 is 34.5 Å². The smallest absolute Gasteiger partial charge is 0.259 e. The molecule has 0 saturated carbocycles. The summed E-state index contributed by atoms with van der Waals surface area (Å²) in [6.45, 7) is 0. The predicted octanol–water partition coefficient (Wildman–Crippen LogP) is 3.52. The van der Waals surface area contributed by atoms with Crippen LogP contribution in [-0.4, -0.2) is 33.2 Å². The maximum absolute atomic E-state index is 13.2. The Balaban J connectivity index is 1.76. The number of thiophene rings is 1. The van der Waals surface area contributed by atoms with E-state index in [2.05, 4.69) is 20.8 Å². The number of anilines is 1. The van der Waals surface area contributed by atoms with E-state index < -0.39 is 0 Å². The fourth-order valence-corrected chi connectivity index (χ4v) is 4.64. The van der Waals surface area contributed by atoms with Gasteiger partial charge in [-0.3, -0.25) is 4.79 Å². The van der Waals surface area contributed by atoms with Crippen molar-refractivity contribution in [3.05, 3.63) is 45.6 Å². The van der Waals surface area contributed by atoms with Gasteiger partial charge in [-0.2, -0.15) is 4.68 Å². The first kappa shape index (κ1) is 17.0. The Morgan fingerprint density at radius 3 is 2.96 bits per heavy atom. The van der Waals surface area contributed by atoms with E-state index in [4.69, 9.17) is 16.3 Å². The van der Waals surface area contributed by atoms with Crippen molar-refractivity contribution in [1.29, 1.82) is 0 Å². The highest BCUT2D eigenvalue weighted by molar-refractivity contribution is 7.15. The van der Waals surface area contributed by atoms with Crippen molar-refractivity contribution in [3.8, 4) is 10.8 Å². The van der Waals surface area contributed by atoms with Crippen LogP contribution >= 0.6 is 22.9 Å². The summed E-state index contributed by atoms with van der Waals surface area (Å²) in [5, 5.41) is 15.6. The molecule has 9 heteroatoms. The number of carbonyl (C=O) groups excluding carboxylic acids is 1. The molecule has 0 bridgehead atoms.